The fraction of sp³-hybridized carbons (Fsp3) is 0.412. The molecule has 0 aliphatic carbocycles. The minimum Gasteiger partial charge on any atom is -0.508 e. The number of hydrogen-bond acceptors (Lipinski definition) is 7. The predicted octanol–water partition coefficient (Wildman–Crippen LogP) is 1.68. The van der Waals surface area contributed by atoms with Crippen LogP contribution in [0.2, 0.25) is 0 Å². The maximum absolute atomic E-state index is 12.0. The molecule has 0 spiro atoms. The number of fused-ring (bicyclic) bond motifs is 1. The van der Waals surface area contributed by atoms with E-state index in [1.165, 1.54) is 12.1 Å². The highest BCUT2D eigenvalue weighted by Gasteiger charge is 2.29. The summed E-state index contributed by atoms with van der Waals surface area (Å²) in [6.07, 6.45) is 0.506. The largest absolute Gasteiger partial charge is 0.508 e. The highest BCUT2D eigenvalue weighted by Crippen LogP contribution is 2.28. The third kappa shape index (κ3) is 3.84. The van der Waals surface area contributed by atoms with Crippen molar-refractivity contribution in [1.82, 2.24) is 0 Å². The molecule has 0 bridgehead atoms. The summed E-state index contributed by atoms with van der Waals surface area (Å²) in [5.74, 6) is -0.586. The van der Waals surface area contributed by atoms with Gasteiger partial charge in [-0.25, -0.2) is 13.2 Å². The van der Waals surface area contributed by atoms with Crippen LogP contribution in [0.3, 0.4) is 0 Å². The van der Waals surface area contributed by atoms with E-state index >= 15 is 0 Å². The number of benzene rings is 1. The van der Waals surface area contributed by atoms with Crippen LogP contribution < -0.4 is 5.63 Å². The zero-order valence-electron chi connectivity index (χ0n) is 13.6. The first kappa shape index (κ1) is 17.5. The Bertz CT molecular complexity index is 988. The van der Waals surface area contributed by atoms with Gasteiger partial charge >= 0.3 is 11.6 Å². The monoisotopic (exact) mass is 366 g/mol. The van der Waals surface area contributed by atoms with Gasteiger partial charge in [-0.05, 0) is 31.4 Å². The first-order chi connectivity index (χ1) is 11.7. The number of carbonyl (C=O) groups is 1. The molecular weight excluding hydrogens is 348 g/mol. The van der Waals surface area contributed by atoms with E-state index in [4.69, 9.17) is 9.15 Å². The maximum atomic E-state index is 12.0. The fourth-order valence-corrected chi connectivity index (χ4v) is 4.88. The Labute approximate surface area is 144 Å². The molecule has 1 aromatic carbocycles. The second-order valence-electron chi connectivity index (χ2n) is 6.31. The molecule has 25 heavy (non-hydrogen) atoms. The normalized spacial score (nSPS) is 19.2. The smallest absolute Gasteiger partial charge is 0.336 e. The molecule has 3 rings (SSSR count). The molecular formula is C17H18O7S. The van der Waals surface area contributed by atoms with Crippen LogP contribution >= 0.6 is 0 Å². The Hall–Kier alpha value is -2.35. The molecule has 8 heteroatoms. The van der Waals surface area contributed by atoms with Crippen molar-refractivity contribution in [2.45, 2.75) is 26.4 Å². The number of ether oxygens (including phenoxy) is 1. The zero-order valence-corrected chi connectivity index (χ0v) is 14.5. The van der Waals surface area contributed by atoms with Crippen molar-refractivity contribution in [3.05, 3.63) is 39.7 Å². The van der Waals surface area contributed by atoms with E-state index in [-0.39, 0.29) is 41.8 Å². The van der Waals surface area contributed by atoms with Crippen LogP contribution in [0.5, 0.6) is 5.75 Å². The Morgan fingerprint density at radius 3 is 2.84 bits per heavy atom. The summed E-state index contributed by atoms with van der Waals surface area (Å²) < 4.78 is 33.2. The molecule has 1 aromatic heterocycles. The maximum Gasteiger partial charge on any atom is 0.336 e. The van der Waals surface area contributed by atoms with Crippen molar-refractivity contribution in [1.29, 1.82) is 0 Å². The summed E-state index contributed by atoms with van der Waals surface area (Å²) in [4.78, 5) is 23.7. The number of rotatable bonds is 4. The third-order valence-electron chi connectivity index (χ3n) is 4.39. The van der Waals surface area contributed by atoms with Crippen LogP contribution in [0.4, 0.5) is 0 Å². The second kappa shape index (κ2) is 6.51. The zero-order chi connectivity index (χ0) is 18.2. The number of aromatic hydroxyl groups is 1. The van der Waals surface area contributed by atoms with Gasteiger partial charge in [0.05, 0.1) is 11.5 Å². The second-order valence-corrected chi connectivity index (χ2v) is 8.54. The standard InChI is InChI=1S/C17H18O7S/c1-10-14(18)3-2-13-12(7-16(20)24-17(10)13)8-23-15(19)6-11-4-5-25(21,22)9-11/h2-3,7,11,18H,4-6,8-9H2,1H3/t11-/m1/s1. The summed E-state index contributed by atoms with van der Waals surface area (Å²) >= 11 is 0. The van der Waals surface area contributed by atoms with Crippen molar-refractivity contribution in [3.8, 4) is 5.75 Å². The van der Waals surface area contributed by atoms with E-state index in [0.29, 0.717) is 22.9 Å². The molecule has 134 valence electrons. The van der Waals surface area contributed by atoms with Gasteiger partial charge in [0.2, 0.25) is 0 Å². The number of phenolic OH excluding ortho intramolecular Hbond substituents is 1. The van der Waals surface area contributed by atoms with E-state index < -0.39 is 21.4 Å². The van der Waals surface area contributed by atoms with Gasteiger partial charge in [0, 0.05) is 29.0 Å². The lowest BCUT2D eigenvalue weighted by Gasteiger charge is -2.10. The summed E-state index contributed by atoms with van der Waals surface area (Å²) in [7, 11) is -3.04. The van der Waals surface area contributed by atoms with E-state index in [0.717, 1.165) is 0 Å². The summed E-state index contributed by atoms with van der Waals surface area (Å²) in [6, 6.07) is 4.31. The average molecular weight is 366 g/mol. The molecule has 0 amide bonds. The minimum absolute atomic E-state index is 0.00670. The summed E-state index contributed by atoms with van der Waals surface area (Å²) in [6.45, 7) is 1.50. The van der Waals surface area contributed by atoms with Gasteiger partial charge in [-0.15, -0.1) is 0 Å². The van der Waals surface area contributed by atoms with Gasteiger partial charge in [-0.2, -0.15) is 0 Å². The first-order valence-electron chi connectivity index (χ1n) is 7.86. The molecule has 1 aliphatic rings. The lowest BCUT2D eigenvalue weighted by molar-refractivity contribution is -0.145. The molecule has 0 radical (unpaired) electrons. The van der Waals surface area contributed by atoms with Crippen molar-refractivity contribution in [3.63, 3.8) is 0 Å². The predicted molar refractivity (Wildman–Crippen MR) is 90.1 cm³/mol. The van der Waals surface area contributed by atoms with Crippen LogP contribution in [0.25, 0.3) is 11.0 Å². The molecule has 1 fully saturated rings. The first-order valence-corrected chi connectivity index (χ1v) is 9.68. The van der Waals surface area contributed by atoms with Crippen LogP contribution in [0.1, 0.15) is 24.0 Å². The summed E-state index contributed by atoms with van der Waals surface area (Å²) in [5.41, 5.74) is 0.551. The molecule has 0 unspecified atom stereocenters. The lowest BCUT2D eigenvalue weighted by atomic mass is 10.1. The molecule has 1 aliphatic heterocycles. The van der Waals surface area contributed by atoms with Crippen LogP contribution in [0, 0.1) is 12.8 Å². The lowest BCUT2D eigenvalue weighted by Crippen LogP contribution is -2.13. The SMILES string of the molecule is Cc1c(O)ccc2c(COC(=O)C[C@H]3CCS(=O)(=O)C3)cc(=O)oc12. The number of esters is 1. The van der Waals surface area contributed by atoms with E-state index in [9.17, 15) is 23.1 Å². The number of hydrogen-bond donors (Lipinski definition) is 1. The Kier molecular flexibility index (Phi) is 4.55. The highest BCUT2D eigenvalue weighted by molar-refractivity contribution is 7.91. The third-order valence-corrected chi connectivity index (χ3v) is 6.23. The molecule has 2 aromatic rings. The van der Waals surface area contributed by atoms with Gasteiger partial charge in [0.15, 0.2) is 9.84 Å². The van der Waals surface area contributed by atoms with Crippen LogP contribution in [-0.2, 0) is 26.0 Å². The number of sulfone groups is 1. The number of aryl methyl sites for hydroxylation is 1. The van der Waals surface area contributed by atoms with Gasteiger partial charge in [0.1, 0.15) is 17.9 Å². The van der Waals surface area contributed by atoms with Gasteiger partial charge in [-0.1, -0.05) is 0 Å². The molecule has 1 saturated heterocycles. The molecule has 1 atom stereocenters. The van der Waals surface area contributed by atoms with Gasteiger partial charge in [0.25, 0.3) is 0 Å². The van der Waals surface area contributed by atoms with Crippen molar-refractivity contribution in [2.24, 2.45) is 5.92 Å². The Morgan fingerprint density at radius 1 is 1.40 bits per heavy atom. The quantitative estimate of drug-likeness (QED) is 0.647. The van der Waals surface area contributed by atoms with E-state index in [1.807, 2.05) is 0 Å². The molecule has 0 saturated carbocycles. The van der Waals surface area contributed by atoms with E-state index in [2.05, 4.69) is 0 Å². The number of carbonyl (C=O) groups excluding carboxylic acids is 1. The van der Waals surface area contributed by atoms with Crippen molar-refractivity contribution in [2.75, 3.05) is 11.5 Å². The average Bonchev–Trinajstić information content (AvgIpc) is 2.87. The summed E-state index contributed by atoms with van der Waals surface area (Å²) in [5, 5.41) is 10.3. The molecule has 1 N–H and O–H groups in total. The van der Waals surface area contributed by atoms with Crippen LogP contribution in [-0.4, -0.2) is 31.0 Å². The minimum atomic E-state index is -3.04. The Balaban J connectivity index is 1.74. The van der Waals surface area contributed by atoms with Crippen molar-refractivity contribution < 1.29 is 27.5 Å². The van der Waals surface area contributed by atoms with E-state index in [1.54, 1.807) is 13.0 Å². The molecule has 7 nitrogen and oxygen atoms in total. The topological polar surface area (TPSA) is 111 Å². The van der Waals surface area contributed by atoms with Crippen LogP contribution in [0.15, 0.2) is 27.4 Å². The molecule has 2 heterocycles. The van der Waals surface area contributed by atoms with Crippen molar-refractivity contribution >= 4 is 26.8 Å². The Morgan fingerprint density at radius 2 is 2.16 bits per heavy atom. The van der Waals surface area contributed by atoms with Gasteiger partial charge < -0.3 is 14.3 Å². The number of phenols is 1. The fourth-order valence-electron chi connectivity index (χ4n) is 3.02. The highest BCUT2D eigenvalue weighted by atomic mass is 32.2. The van der Waals surface area contributed by atoms with Gasteiger partial charge in [-0.3, -0.25) is 4.79 Å².